The third-order valence-electron chi connectivity index (χ3n) is 2.99. The molecule has 0 spiro atoms. The number of nitrogens with two attached hydrogens (primary N) is 1. The summed E-state index contributed by atoms with van der Waals surface area (Å²) in [5.74, 6) is -0.289. The van der Waals surface area contributed by atoms with Crippen LogP contribution in [0.4, 0.5) is 4.39 Å². The van der Waals surface area contributed by atoms with Gasteiger partial charge in [-0.25, -0.2) is 4.39 Å². The average Bonchev–Trinajstić information content (AvgIpc) is 2.69. The highest BCUT2D eigenvalue weighted by Gasteiger charge is 2.19. The van der Waals surface area contributed by atoms with E-state index in [4.69, 9.17) is 17.3 Å². The third kappa shape index (κ3) is 2.96. The number of benzene rings is 1. The molecular formula is C14H17ClFN3. The number of halogens is 2. The van der Waals surface area contributed by atoms with Crippen molar-refractivity contribution in [3.63, 3.8) is 0 Å². The van der Waals surface area contributed by atoms with Crippen molar-refractivity contribution >= 4 is 11.6 Å². The maximum Gasteiger partial charge on any atom is 0.123 e. The highest BCUT2D eigenvalue weighted by Crippen LogP contribution is 2.27. The highest BCUT2D eigenvalue weighted by atomic mass is 35.5. The van der Waals surface area contributed by atoms with E-state index in [-0.39, 0.29) is 5.82 Å². The van der Waals surface area contributed by atoms with Crippen molar-refractivity contribution in [2.75, 3.05) is 0 Å². The zero-order valence-corrected chi connectivity index (χ0v) is 11.8. The van der Waals surface area contributed by atoms with Crippen molar-refractivity contribution in [1.82, 2.24) is 9.78 Å². The standard InChI is InChI=1S/C14H17ClFN3/c1-3-4-19-14(12(15)8-18-19)13(17)10-5-9(2)6-11(16)7-10/h5-8,13H,3-4,17H2,1-2H3. The molecule has 102 valence electrons. The molecule has 1 unspecified atom stereocenters. The van der Waals surface area contributed by atoms with Gasteiger partial charge in [0, 0.05) is 6.54 Å². The minimum absolute atomic E-state index is 0.289. The van der Waals surface area contributed by atoms with Crippen LogP contribution < -0.4 is 5.73 Å². The van der Waals surface area contributed by atoms with Gasteiger partial charge in [0.1, 0.15) is 5.82 Å². The Labute approximate surface area is 117 Å². The molecule has 1 aromatic heterocycles. The molecule has 1 aromatic carbocycles. The molecule has 5 heteroatoms. The van der Waals surface area contributed by atoms with Crippen LogP contribution in [0.15, 0.2) is 24.4 Å². The Bertz CT molecular complexity index is 560. The zero-order valence-electron chi connectivity index (χ0n) is 11.0. The second-order valence-electron chi connectivity index (χ2n) is 4.64. The van der Waals surface area contributed by atoms with E-state index in [2.05, 4.69) is 12.0 Å². The summed E-state index contributed by atoms with van der Waals surface area (Å²) in [6, 6.07) is 4.31. The monoisotopic (exact) mass is 281 g/mol. The Morgan fingerprint density at radius 3 is 2.79 bits per heavy atom. The molecule has 1 heterocycles. The number of aryl methyl sites for hydroxylation is 2. The molecule has 2 rings (SSSR count). The Morgan fingerprint density at radius 1 is 1.42 bits per heavy atom. The van der Waals surface area contributed by atoms with E-state index in [9.17, 15) is 4.39 Å². The first-order valence-corrected chi connectivity index (χ1v) is 6.64. The Balaban J connectivity index is 2.43. The topological polar surface area (TPSA) is 43.8 Å². The van der Waals surface area contributed by atoms with Crippen molar-refractivity contribution in [3.8, 4) is 0 Å². The quantitative estimate of drug-likeness (QED) is 0.933. The molecule has 0 bridgehead atoms. The van der Waals surface area contributed by atoms with E-state index in [1.54, 1.807) is 10.9 Å². The van der Waals surface area contributed by atoms with Gasteiger partial charge in [0.15, 0.2) is 0 Å². The van der Waals surface area contributed by atoms with Crippen molar-refractivity contribution in [3.05, 3.63) is 52.1 Å². The molecule has 1 atom stereocenters. The van der Waals surface area contributed by atoms with Gasteiger partial charge in [0.05, 0.1) is 23.0 Å². The van der Waals surface area contributed by atoms with E-state index in [0.29, 0.717) is 10.6 Å². The summed E-state index contributed by atoms with van der Waals surface area (Å²) < 4.78 is 15.3. The molecule has 19 heavy (non-hydrogen) atoms. The lowest BCUT2D eigenvalue weighted by atomic mass is 10.0. The maximum atomic E-state index is 13.5. The molecule has 0 saturated heterocycles. The van der Waals surface area contributed by atoms with Crippen LogP contribution in [0.1, 0.15) is 36.2 Å². The van der Waals surface area contributed by atoms with Crippen LogP contribution >= 0.6 is 11.6 Å². The van der Waals surface area contributed by atoms with Crippen LogP contribution in [0.3, 0.4) is 0 Å². The molecule has 0 amide bonds. The molecule has 0 radical (unpaired) electrons. The first-order valence-electron chi connectivity index (χ1n) is 6.26. The Hall–Kier alpha value is -1.39. The lowest BCUT2D eigenvalue weighted by Crippen LogP contribution is -2.18. The van der Waals surface area contributed by atoms with Crippen LogP contribution in [0, 0.1) is 12.7 Å². The summed E-state index contributed by atoms with van der Waals surface area (Å²) in [5, 5.41) is 4.72. The van der Waals surface area contributed by atoms with Gasteiger partial charge in [0.2, 0.25) is 0 Å². The van der Waals surface area contributed by atoms with E-state index in [1.165, 1.54) is 12.1 Å². The van der Waals surface area contributed by atoms with Crippen molar-refractivity contribution in [1.29, 1.82) is 0 Å². The summed E-state index contributed by atoms with van der Waals surface area (Å²) in [6.45, 7) is 4.63. The van der Waals surface area contributed by atoms with E-state index < -0.39 is 6.04 Å². The van der Waals surface area contributed by atoms with Crippen LogP contribution in [-0.4, -0.2) is 9.78 Å². The van der Waals surface area contributed by atoms with E-state index in [0.717, 1.165) is 24.2 Å². The van der Waals surface area contributed by atoms with Gasteiger partial charge in [-0.1, -0.05) is 24.6 Å². The van der Waals surface area contributed by atoms with Gasteiger partial charge < -0.3 is 5.73 Å². The molecule has 0 fully saturated rings. The fraction of sp³-hybridized carbons (Fsp3) is 0.357. The van der Waals surface area contributed by atoms with Crippen LogP contribution in [0.2, 0.25) is 5.02 Å². The molecule has 2 N–H and O–H groups in total. The lowest BCUT2D eigenvalue weighted by Gasteiger charge is -2.16. The molecule has 0 aliphatic carbocycles. The van der Waals surface area contributed by atoms with Gasteiger partial charge in [-0.3, -0.25) is 4.68 Å². The molecule has 3 nitrogen and oxygen atoms in total. The van der Waals surface area contributed by atoms with Gasteiger partial charge in [0.25, 0.3) is 0 Å². The van der Waals surface area contributed by atoms with Crippen LogP contribution in [-0.2, 0) is 6.54 Å². The largest absolute Gasteiger partial charge is 0.319 e. The SMILES string of the molecule is CCCn1ncc(Cl)c1C(N)c1cc(C)cc(F)c1. The van der Waals surface area contributed by atoms with Crippen LogP contribution in [0.25, 0.3) is 0 Å². The smallest absolute Gasteiger partial charge is 0.123 e. The summed E-state index contributed by atoms with van der Waals surface area (Å²) in [7, 11) is 0. The second kappa shape index (κ2) is 5.72. The Kier molecular flexibility index (Phi) is 4.22. The molecule has 2 aromatic rings. The van der Waals surface area contributed by atoms with Gasteiger partial charge in [-0.05, 0) is 36.6 Å². The normalized spacial score (nSPS) is 12.7. The minimum atomic E-state index is -0.476. The number of rotatable bonds is 4. The summed E-state index contributed by atoms with van der Waals surface area (Å²) in [5.41, 5.74) is 8.49. The van der Waals surface area contributed by atoms with Crippen LogP contribution in [0.5, 0.6) is 0 Å². The van der Waals surface area contributed by atoms with E-state index in [1.807, 2.05) is 13.0 Å². The lowest BCUT2D eigenvalue weighted by molar-refractivity contribution is 0.558. The number of aromatic nitrogens is 2. The third-order valence-corrected chi connectivity index (χ3v) is 3.28. The van der Waals surface area contributed by atoms with Crippen molar-refractivity contribution in [2.45, 2.75) is 32.9 Å². The fourth-order valence-electron chi connectivity index (χ4n) is 2.17. The number of hydrogen-bond donors (Lipinski definition) is 1. The Morgan fingerprint density at radius 2 is 2.16 bits per heavy atom. The average molecular weight is 282 g/mol. The minimum Gasteiger partial charge on any atom is -0.319 e. The first-order chi connectivity index (χ1) is 9.02. The molecular weight excluding hydrogens is 265 g/mol. The van der Waals surface area contributed by atoms with Crippen molar-refractivity contribution in [2.24, 2.45) is 5.73 Å². The molecule has 0 aliphatic rings. The molecule has 0 aliphatic heterocycles. The van der Waals surface area contributed by atoms with E-state index >= 15 is 0 Å². The summed E-state index contributed by atoms with van der Waals surface area (Å²) in [4.78, 5) is 0. The maximum absolute atomic E-state index is 13.5. The predicted molar refractivity (Wildman–Crippen MR) is 74.7 cm³/mol. The summed E-state index contributed by atoms with van der Waals surface area (Å²) >= 11 is 6.15. The van der Waals surface area contributed by atoms with Gasteiger partial charge >= 0.3 is 0 Å². The predicted octanol–water partition coefficient (Wildman–Crippen LogP) is 3.44. The zero-order chi connectivity index (χ0) is 14.0. The van der Waals surface area contributed by atoms with Gasteiger partial charge in [-0.2, -0.15) is 5.10 Å². The highest BCUT2D eigenvalue weighted by molar-refractivity contribution is 6.31. The number of nitrogens with zero attached hydrogens (tertiary/aromatic N) is 2. The first kappa shape index (κ1) is 14.0. The molecule has 0 saturated carbocycles. The van der Waals surface area contributed by atoms with Crippen molar-refractivity contribution < 1.29 is 4.39 Å². The number of hydrogen-bond acceptors (Lipinski definition) is 2. The van der Waals surface area contributed by atoms with Gasteiger partial charge in [-0.15, -0.1) is 0 Å². The summed E-state index contributed by atoms with van der Waals surface area (Å²) in [6.07, 6.45) is 2.51. The fourth-order valence-corrected chi connectivity index (χ4v) is 2.43. The second-order valence-corrected chi connectivity index (χ2v) is 5.05.